The molecular weight excluding hydrogens is 374 g/mol. The summed E-state index contributed by atoms with van der Waals surface area (Å²) in [5.41, 5.74) is 2.89. The predicted octanol–water partition coefficient (Wildman–Crippen LogP) is 2.90. The maximum absolute atomic E-state index is 12.7. The third kappa shape index (κ3) is 3.89. The van der Waals surface area contributed by atoms with Crippen molar-refractivity contribution in [3.8, 4) is 5.82 Å². The van der Waals surface area contributed by atoms with Crippen molar-refractivity contribution < 1.29 is 4.79 Å². The van der Waals surface area contributed by atoms with Crippen LogP contribution >= 0.6 is 11.3 Å². The summed E-state index contributed by atoms with van der Waals surface area (Å²) in [6.07, 6.45) is 3.36. The van der Waals surface area contributed by atoms with E-state index in [9.17, 15) is 4.79 Å². The second kappa shape index (κ2) is 7.67. The van der Waals surface area contributed by atoms with E-state index in [4.69, 9.17) is 0 Å². The highest BCUT2D eigenvalue weighted by Crippen LogP contribution is 2.24. The van der Waals surface area contributed by atoms with Crippen molar-refractivity contribution in [1.29, 1.82) is 0 Å². The first kappa shape index (κ1) is 18.5. The number of nitrogens with one attached hydrogen (secondary N) is 1. The highest BCUT2D eigenvalue weighted by Gasteiger charge is 2.27. The van der Waals surface area contributed by atoms with Crippen LogP contribution in [0.5, 0.6) is 0 Å². The molecule has 0 saturated carbocycles. The van der Waals surface area contributed by atoms with Crippen molar-refractivity contribution in [3.05, 3.63) is 40.9 Å². The Morgan fingerprint density at radius 1 is 1.18 bits per heavy atom. The number of carbonyl (C=O) groups excluding carboxylic acids is 1. The maximum atomic E-state index is 12.7. The van der Waals surface area contributed by atoms with E-state index in [2.05, 4.69) is 30.3 Å². The van der Waals surface area contributed by atoms with Gasteiger partial charge in [-0.05, 0) is 39.7 Å². The Labute approximate surface area is 167 Å². The van der Waals surface area contributed by atoms with Gasteiger partial charge in [0, 0.05) is 30.2 Å². The van der Waals surface area contributed by atoms with E-state index in [1.54, 1.807) is 6.33 Å². The topological polar surface area (TPSA) is 88.8 Å². The monoisotopic (exact) mass is 397 g/mol. The molecule has 1 amide bonds. The van der Waals surface area contributed by atoms with Gasteiger partial charge in [0.15, 0.2) is 10.9 Å². The number of rotatable bonds is 4. The zero-order valence-corrected chi connectivity index (χ0v) is 17.0. The van der Waals surface area contributed by atoms with Crippen LogP contribution < -0.4 is 10.2 Å². The average molecular weight is 398 g/mol. The van der Waals surface area contributed by atoms with Gasteiger partial charge in [0.1, 0.15) is 12.1 Å². The zero-order valence-electron chi connectivity index (χ0n) is 16.2. The number of thiazole rings is 1. The summed E-state index contributed by atoms with van der Waals surface area (Å²) in [6, 6.07) is 3.95. The Bertz CT molecular complexity index is 996. The molecule has 4 rings (SSSR count). The van der Waals surface area contributed by atoms with E-state index in [0.717, 1.165) is 48.1 Å². The molecule has 8 nitrogen and oxygen atoms in total. The van der Waals surface area contributed by atoms with Crippen molar-refractivity contribution in [3.63, 3.8) is 0 Å². The van der Waals surface area contributed by atoms with Crippen molar-refractivity contribution in [2.24, 2.45) is 5.92 Å². The van der Waals surface area contributed by atoms with Gasteiger partial charge in [-0.1, -0.05) is 0 Å². The molecule has 0 aromatic carbocycles. The SMILES string of the molecule is Cc1csc(NC(=O)C2CCCN(c3cc(-n4nc(C)cc4C)ncn3)C2)n1. The number of piperidine rings is 1. The number of aryl methyl sites for hydroxylation is 3. The first-order valence-electron chi connectivity index (χ1n) is 9.33. The summed E-state index contributed by atoms with van der Waals surface area (Å²) < 4.78 is 1.82. The standard InChI is InChI=1S/C19H23N7OS/c1-12-7-14(3)26(24-12)17-8-16(20-11-21-17)25-6-4-5-15(9-25)18(27)23-19-22-13(2)10-28-19/h7-8,10-11,15H,4-6,9H2,1-3H3,(H,22,23,27). The van der Waals surface area contributed by atoms with Gasteiger partial charge in [-0.3, -0.25) is 4.79 Å². The van der Waals surface area contributed by atoms with Crippen LogP contribution in [-0.4, -0.2) is 43.7 Å². The molecule has 1 aliphatic heterocycles. The Morgan fingerprint density at radius 3 is 2.71 bits per heavy atom. The van der Waals surface area contributed by atoms with Crippen molar-refractivity contribution >= 4 is 28.2 Å². The number of hydrogen-bond donors (Lipinski definition) is 1. The molecule has 28 heavy (non-hydrogen) atoms. The normalized spacial score (nSPS) is 17.0. The molecule has 1 aliphatic rings. The lowest BCUT2D eigenvalue weighted by Crippen LogP contribution is -2.41. The molecule has 9 heteroatoms. The summed E-state index contributed by atoms with van der Waals surface area (Å²) in [7, 11) is 0. The minimum atomic E-state index is -0.0925. The van der Waals surface area contributed by atoms with Crippen LogP contribution in [0.3, 0.4) is 0 Å². The fraction of sp³-hybridized carbons (Fsp3) is 0.421. The van der Waals surface area contributed by atoms with Crippen molar-refractivity contribution in [1.82, 2.24) is 24.7 Å². The van der Waals surface area contributed by atoms with Crippen LogP contribution in [0, 0.1) is 26.7 Å². The van der Waals surface area contributed by atoms with E-state index in [1.165, 1.54) is 11.3 Å². The average Bonchev–Trinajstić information content (AvgIpc) is 3.26. The van der Waals surface area contributed by atoms with Gasteiger partial charge in [0.25, 0.3) is 0 Å². The molecule has 1 N–H and O–H groups in total. The van der Waals surface area contributed by atoms with Crippen LogP contribution in [0.2, 0.25) is 0 Å². The Hall–Kier alpha value is -2.81. The number of hydrogen-bond acceptors (Lipinski definition) is 7. The van der Waals surface area contributed by atoms with Crippen LogP contribution in [0.1, 0.15) is 29.9 Å². The molecule has 3 aromatic heterocycles. The van der Waals surface area contributed by atoms with Crippen molar-refractivity contribution in [2.45, 2.75) is 33.6 Å². The van der Waals surface area contributed by atoms with E-state index >= 15 is 0 Å². The summed E-state index contributed by atoms with van der Waals surface area (Å²) in [4.78, 5) is 27.9. The summed E-state index contributed by atoms with van der Waals surface area (Å²) >= 11 is 1.45. The number of amides is 1. The fourth-order valence-electron chi connectivity index (χ4n) is 3.50. The van der Waals surface area contributed by atoms with Gasteiger partial charge in [-0.2, -0.15) is 5.10 Å². The largest absolute Gasteiger partial charge is 0.356 e. The predicted molar refractivity (Wildman–Crippen MR) is 109 cm³/mol. The molecule has 0 bridgehead atoms. The maximum Gasteiger partial charge on any atom is 0.231 e. The number of anilines is 2. The highest BCUT2D eigenvalue weighted by molar-refractivity contribution is 7.13. The van der Waals surface area contributed by atoms with E-state index in [-0.39, 0.29) is 11.8 Å². The molecular formula is C19H23N7OS. The molecule has 1 atom stereocenters. The van der Waals surface area contributed by atoms with Crippen molar-refractivity contribution in [2.75, 3.05) is 23.3 Å². The van der Waals surface area contributed by atoms with E-state index in [1.807, 2.05) is 43.0 Å². The quantitative estimate of drug-likeness (QED) is 0.728. The summed E-state index contributed by atoms with van der Waals surface area (Å²) in [6.45, 7) is 7.38. The lowest BCUT2D eigenvalue weighted by molar-refractivity contribution is -0.120. The van der Waals surface area contributed by atoms with E-state index < -0.39 is 0 Å². The number of nitrogens with zero attached hydrogens (tertiary/aromatic N) is 6. The molecule has 1 unspecified atom stereocenters. The first-order valence-corrected chi connectivity index (χ1v) is 10.2. The lowest BCUT2D eigenvalue weighted by atomic mass is 9.97. The second-order valence-corrected chi connectivity index (χ2v) is 8.00. The highest BCUT2D eigenvalue weighted by atomic mass is 32.1. The molecule has 1 saturated heterocycles. The molecule has 1 fully saturated rings. The summed E-state index contributed by atoms with van der Waals surface area (Å²) in [5.74, 6) is 1.48. The molecule has 146 valence electrons. The van der Waals surface area contributed by atoms with Crippen LogP contribution in [0.25, 0.3) is 5.82 Å². The Morgan fingerprint density at radius 2 is 2.00 bits per heavy atom. The van der Waals surface area contributed by atoms with Crippen LogP contribution in [0.4, 0.5) is 10.9 Å². The van der Waals surface area contributed by atoms with Gasteiger partial charge >= 0.3 is 0 Å². The molecule has 0 radical (unpaired) electrons. The van der Waals surface area contributed by atoms with Gasteiger partial charge in [0.05, 0.1) is 17.3 Å². The third-order valence-electron chi connectivity index (χ3n) is 4.83. The Balaban J connectivity index is 1.49. The third-order valence-corrected chi connectivity index (χ3v) is 5.71. The molecule has 0 spiro atoms. The summed E-state index contributed by atoms with van der Waals surface area (Å²) in [5, 5.41) is 10.0. The smallest absolute Gasteiger partial charge is 0.231 e. The second-order valence-electron chi connectivity index (χ2n) is 7.14. The van der Waals surface area contributed by atoms with Gasteiger partial charge in [-0.15, -0.1) is 11.3 Å². The van der Waals surface area contributed by atoms with E-state index in [0.29, 0.717) is 11.7 Å². The molecule has 3 aromatic rings. The number of carbonyl (C=O) groups is 1. The minimum absolute atomic E-state index is 0.0203. The van der Waals surface area contributed by atoms with Gasteiger partial charge in [0.2, 0.25) is 5.91 Å². The minimum Gasteiger partial charge on any atom is -0.356 e. The molecule has 0 aliphatic carbocycles. The van der Waals surface area contributed by atoms with Crippen LogP contribution in [0.15, 0.2) is 23.8 Å². The first-order chi connectivity index (χ1) is 13.5. The van der Waals surface area contributed by atoms with Gasteiger partial charge < -0.3 is 10.2 Å². The van der Waals surface area contributed by atoms with Gasteiger partial charge in [-0.25, -0.2) is 19.6 Å². The van der Waals surface area contributed by atoms with Crippen LogP contribution in [-0.2, 0) is 4.79 Å². The molecule has 4 heterocycles. The zero-order chi connectivity index (χ0) is 19.7. The number of aromatic nitrogens is 5. The lowest BCUT2D eigenvalue weighted by Gasteiger charge is -2.32. The Kier molecular flexibility index (Phi) is 5.08. The fourth-order valence-corrected chi connectivity index (χ4v) is 4.20.